The van der Waals surface area contributed by atoms with Crippen molar-refractivity contribution in [3.63, 3.8) is 0 Å². The van der Waals surface area contributed by atoms with E-state index in [0.717, 1.165) is 6.42 Å². The van der Waals surface area contributed by atoms with E-state index in [1.807, 2.05) is 6.92 Å². The molecule has 2 amide bonds. The highest BCUT2D eigenvalue weighted by atomic mass is 35.5. The minimum atomic E-state index is -3.86. The van der Waals surface area contributed by atoms with E-state index in [4.69, 9.17) is 11.6 Å². The van der Waals surface area contributed by atoms with Crippen LogP contribution in [0.3, 0.4) is 0 Å². The van der Waals surface area contributed by atoms with E-state index in [9.17, 15) is 18.0 Å². The fourth-order valence-electron chi connectivity index (χ4n) is 3.30. The molecule has 9 heteroatoms. The van der Waals surface area contributed by atoms with E-state index in [1.54, 1.807) is 60.7 Å². The third-order valence-electron chi connectivity index (χ3n) is 5.36. The number of anilines is 3. The number of carbonyl (C=O) groups excluding carboxylic acids is 2. The Morgan fingerprint density at radius 1 is 0.879 bits per heavy atom. The second-order valence-corrected chi connectivity index (χ2v) is 10.1. The minimum Gasteiger partial charge on any atom is -0.326 e. The van der Waals surface area contributed by atoms with Crippen LogP contribution in [0.1, 0.15) is 23.7 Å². The molecule has 4 rings (SSSR count). The summed E-state index contributed by atoms with van der Waals surface area (Å²) < 4.78 is 27.9. The van der Waals surface area contributed by atoms with Gasteiger partial charge in [-0.2, -0.15) is 0 Å². The molecule has 1 aliphatic rings. The highest BCUT2D eigenvalue weighted by Crippen LogP contribution is 2.38. The van der Waals surface area contributed by atoms with Crippen molar-refractivity contribution in [3.8, 4) is 0 Å². The molecule has 0 radical (unpaired) electrons. The van der Waals surface area contributed by atoms with Crippen molar-refractivity contribution in [2.75, 3.05) is 15.4 Å². The number of carbonyl (C=O) groups is 2. The molecule has 33 heavy (non-hydrogen) atoms. The van der Waals surface area contributed by atoms with E-state index in [1.165, 1.54) is 12.1 Å². The van der Waals surface area contributed by atoms with Crippen molar-refractivity contribution in [1.29, 1.82) is 0 Å². The smallest absolute Gasteiger partial charge is 0.261 e. The van der Waals surface area contributed by atoms with Gasteiger partial charge < -0.3 is 10.6 Å². The summed E-state index contributed by atoms with van der Waals surface area (Å²) in [7, 11) is -3.86. The summed E-state index contributed by atoms with van der Waals surface area (Å²) in [6.07, 6.45) is 0.899. The van der Waals surface area contributed by atoms with Gasteiger partial charge in [0.15, 0.2) is 0 Å². The zero-order valence-electron chi connectivity index (χ0n) is 17.7. The summed E-state index contributed by atoms with van der Waals surface area (Å²) in [6.45, 7) is 2.03. The van der Waals surface area contributed by atoms with E-state index in [2.05, 4.69) is 15.4 Å². The Bertz CT molecular complexity index is 1290. The molecule has 3 aromatic carbocycles. The van der Waals surface area contributed by atoms with Crippen molar-refractivity contribution in [2.45, 2.75) is 18.2 Å². The van der Waals surface area contributed by atoms with Gasteiger partial charge in [-0.05, 0) is 79.1 Å². The van der Waals surface area contributed by atoms with Crippen molar-refractivity contribution in [3.05, 3.63) is 83.4 Å². The van der Waals surface area contributed by atoms with E-state index in [0.29, 0.717) is 33.6 Å². The van der Waals surface area contributed by atoms with Crippen LogP contribution in [0.15, 0.2) is 77.7 Å². The second kappa shape index (κ2) is 9.25. The molecule has 3 aromatic rings. The van der Waals surface area contributed by atoms with Crippen molar-refractivity contribution < 1.29 is 18.0 Å². The lowest BCUT2D eigenvalue weighted by Gasteiger charge is -2.11. The summed E-state index contributed by atoms with van der Waals surface area (Å²) >= 11 is 5.83. The topological polar surface area (TPSA) is 104 Å². The van der Waals surface area contributed by atoms with Crippen LogP contribution in [0.2, 0.25) is 5.02 Å². The molecule has 7 nitrogen and oxygen atoms in total. The Kier molecular flexibility index (Phi) is 6.40. The molecule has 0 aromatic heterocycles. The zero-order chi connectivity index (χ0) is 23.6. The van der Waals surface area contributed by atoms with Gasteiger partial charge in [-0.15, -0.1) is 0 Å². The number of sulfonamides is 1. The molecule has 0 bridgehead atoms. The number of nitrogens with one attached hydrogen (secondary N) is 3. The Morgan fingerprint density at radius 2 is 1.52 bits per heavy atom. The molecule has 2 atom stereocenters. The summed E-state index contributed by atoms with van der Waals surface area (Å²) in [5, 5.41) is 6.04. The first-order valence-corrected chi connectivity index (χ1v) is 12.2. The van der Waals surface area contributed by atoms with Crippen LogP contribution < -0.4 is 15.4 Å². The van der Waals surface area contributed by atoms with Crippen molar-refractivity contribution in [2.24, 2.45) is 11.8 Å². The van der Waals surface area contributed by atoms with Gasteiger partial charge in [-0.1, -0.05) is 24.6 Å². The number of halogens is 1. The molecule has 0 spiro atoms. The highest BCUT2D eigenvalue weighted by Gasteiger charge is 2.39. The molecule has 0 heterocycles. The molecule has 1 fully saturated rings. The predicted octanol–water partition coefficient (Wildman–Crippen LogP) is 4.99. The van der Waals surface area contributed by atoms with Crippen LogP contribution in [0.25, 0.3) is 0 Å². The lowest BCUT2D eigenvalue weighted by Crippen LogP contribution is -2.16. The van der Waals surface area contributed by atoms with Gasteiger partial charge in [-0.3, -0.25) is 14.3 Å². The van der Waals surface area contributed by atoms with Gasteiger partial charge in [0, 0.05) is 33.6 Å². The summed E-state index contributed by atoms with van der Waals surface area (Å²) in [6, 6.07) is 18.8. The quantitative estimate of drug-likeness (QED) is 0.440. The van der Waals surface area contributed by atoms with E-state index >= 15 is 0 Å². The molecule has 1 aliphatic carbocycles. The van der Waals surface area contributed by atoms with Crippen molar-refractivity contribution in [1.82, 2.24) is 0 Å². The predicted molar refractivity (Wildman–Crippen MR) is 129 cm³/mol. The Balaban J connectivity index is 1.41. The standard InChI is InChI=1S/C24H22ClN3O4S/c1-15-13-22(15)24(30)26-18-9-5-16(6-10-18)23(29)27-20-3-2-4-21(14-20)33(31,32)28-19-11-7-17(25)8-12-19/h2-12,14-15,22,28H,13H2,1H3,(H,26,30)(H,27,29). The molecule has 3 N–H and O–H groups in total. The molecular formula is C24H22ClN3O4S. The maximum atomic E-state index is 12.7. The first-order valence-electron chi connectivity index (χ1n) is 10.3. The van der Waals surface area contributed by atoms with Crippen LogP contribution in [0.4, 0.5) is 17.1 Å². The highest BCUT2D eigenvalue weighted by molar-refractivity contribution is 7.92. The van der Waals surface area contributed by atoms with Crippen LogP contribution >= 0.6 is 11.6 Å². The average molecular weight is 484 g/mol. The monoisotopic (exact) mass is 483 g/mol. The van der Waals surface area contributed by atoms with Crippen molar-refractivity contribution >= 4 is 50.5 Å². The van der Waals surface area contributed by atoms with Gasteiger partial charge in [-0.25, -0.2) is 8.42 Å². The lowest BCUT2D eigenvalue weighted by atomic mass is 10.2. The third kappa shape index (κ3) is 5.71. The summed E-state index contributed by atoms with van der Waals surface area (Å²) in [5.41, 5.74) is 1.70. The number of benzene rings is 3. The molecule has 1 saturated carbocycles. The number of hydrogen-bond donors (Lipinski definition) is 3. The summed E-state index contributed by atoms with van der Waals surface area (Å²) in [4.78, 5) is 24.7. The maximum Gasteiger partial charge on any atom is 0.261 e. The minimum absolute atomic E-state index is 0.00242. The molecular weight excluding hydrogens is 462 g/mol. The summed E-state index contributed by atoms with van der Waals surface area (Å²) in [5.74, 6) is 0.0653. The Labute approximate surface area is 197 Å². The molecule has 170 valence electrons. The first kappa shape index (κ1) is 22.8. The SMILES string of the molecule is CC1CC1C(=O)Nc1ccc(C(=O)Nc2cccc(S(=O)(=O)Nc3ccc(Cl)cc3)c2)cc1. The van der Waals surface area contributed by atoms with Crippen LogP contribution in [-0.4, -0.2) is 20.2 Å². The molecule has 0 aliphatic heterocycles. The Morgan fingerprint density at radius 3 is 2.15 bits per heavy atom. The molecule has 2 unspecified atom stereocenters. The second-order valence-electron chi connectivity index (χ2n) is 7.98. The maximum absolute atomic E-state index is 12.7. The fourth-order valence-corrected chi connectivity index (χ4v) is 4.53. The Hall–Kier alpha value is -3.36. The lowest BCUT2D eigenvalue weighted by molar-refractivity contribution is -0.117. The third-order valence-corrected chi connectivity index (χ3v) is 6.99. The fraction of sp³-hybridized carbons (Fsp3) is 0.167. The number of amides is 2. The number of hydrogen-bond acceptors (Lipinski definition) is 4. The van der Waals surface area contributed by atoms with E-state index < -0.39 is 15.9 Å². The van der Waals surface area contributed by atoms with Gasteiger partial charge in [0.05, 0.1) is 4.90 Å². The van der Waals surface area contributed by atoms with Crippen LogP contribution in [0, 0.1) is 11.8 Å². The first-order chi connectivity index (χ1) is 15.7. The van der Waals surface area contributed by atoms with Gasteiger partial charge in [0.25, 0.3) is 15.9 Å². The van der Waals surface area contributed by atoms with E-state index in [-0.39, 0.29) is 16.7 Å². The van der Waals surface area contributed by atoms with Crippen LogP contribution in [0.5, 0.6) is 0 Å². The van der Waals surface area contributed by atoms with Gasteiger partial charge >= 0.3 is 0 Å². The molecule has 0 saturated heterocycles. The van der Waals surface area contributed by atoms with Gasteiger partial charge in [0.2, 0.25) is 5.91 Å². The average Bonchev–Trinajstić information content (AvgIpc) is 3.53. The number of rotatable bonds is 7. The normalized spacial score (nSPS) is 17.2. The zero-order valence-corrected chi connectivity index (χ0v) is 19.3. The van der Waals surface area contributed by atoms with Crippen LogP contribution in [-0.2, 0) is 14.8 Å². The largest absolute Gasteiger partial charge is 0.326 e. The van der Waals surface area contributed by atoms with Gasteiger partial charge in [0.1, 0.15) is 0 Å².